The molecule has 2 aliphatic heterocycles. The van der Waals surface area contributed by atoms with Crippen LogP contribution in [0.25, 0.3) is 0 Å². The van der Waals surface area contributed by atoms with Gasteiger partial charge in [0, 0.05) is 6.20 Å². The maximum absolute atomic E-state index is 10.1. The highest BCUT2D eigenvalue weighted by Crippen LogP contribution is 2.34. The normalized spacial score (nSPS) is 42.6. The Balaban J connectivity index is 1.93. The van der Waals surface area contributed by atoms with E-state index < -0.39 is 18.4 Å². The third kappa shape index (κ3) is 1.38. The minimum absolute atomic E-state index is 0.201. The molecule has 0 aliphatic carbocycles. The molecule has 5 atom stereocenters. The summed E-state index contributed by atoms with van der Waals surface area (Å²) >= 11 is 0. The van der Waals surface area contributed by atoms with Gasteiger partial charge in [-0.2, -0.15) is 5.10 Å². The van der Waals surface area contributed by atoms with Gasteiger partial charge in [0.1, 0.15) is 12.1 Å². The quantitative estimate of drug-likeness (QED) is 0.652. The Morgan fingerprint density at radius 1 is 1.62 bits per heavy atom. The number of nitrogens with two attached hydrogens (primary N) is 1. The van der Waals surface area contributed by atoms with Crippen molar-refractivity contribution in [3.05, 3.63) is 18.0 Å². The van der Waals surface area contributed by atoms with Crippen LogP contribution in [0.3, 0.4) is 0 Å². The van der Waals surface area contributed by atoms with Gasteiger partial charge >= 0.3 is 0 Å². The zero-order valence-corrected chi connectivity index (χ0v) is 8.98. The number of rotatable bonds is 1. The first-order valence-electron chi connectivity index (χ1n) is 5.38. The van der Waals surface area contributed by atoms with Crippen LogP contribution in [-0.2, 0) is 9.47 Å². The van der Waals surface area contributed by atoms with Crippen molar-refractivity contribution in [2.24, 2.45) is 5.73 Å². The average Bonchev–Trinajstić information content (AvgIpc) is 2.85. The zero-order chi connectivity index (χ0) is 11.3. The van der Waals surface area contributed by atoms with Gasteiger partial charge in [0.05, 0.1) is 24.9 Å². The van der Waals surface area contributed by atoms with Gasteiger partial charge < -0.3 is 20.3 Å². The molecule has 1 aromatic rings. The van der Waals surface area contributed by atoms with Gasteiger partial charge in [-0.3, -0.25) is 4.68 Å². The molecular formula is C10H15N3O3. The van der Waals surface area contributed by atoms with Gasteiger partial charge in [-0.15, -0.1) is 0 Å². The number of hydrogen-bond donors (Lipinski definition) is 2. The van der Waals surface area contributed by atoms with Crippen molar-refractivity contribution in [1.29, 1.82) is 0 Å². The predicted molar refractivity (Wildman–Crippen MR) is 54.6 cm³/mol. The highest BCUT2D eigenvalue weighted by atomic mass is 16.7. The molecule has 88 valence electrons. The minimum atomic E-state index is -0.689. The van der Waals surface area contributed by atoms with E-state index in [1.807, 2.05) is 13.1 Å². The van der Waals surface area contributed by atoms with Crippen molar-refractivity contribution in [3.63, 3.8) is 0 Å². The van der Waals surface area contributed by atoms with Gasteiger partial charge in [0.25, 0.3) is 0 Å². The second-order valence-corrected chi connectivity index (χ2v) is 4.43. The van der Waals surface area contributed by atoms with Crippen LogP contribution in [0.4, 0.5) is 0 Å². The number of aliphatic hydroxyl groups excluding tert-OH is 1. The van der Waals surface area contributed by atoms with Crippen molar-refractivity contribution >= 4 is 0 Å². The Labute approximate surface area is 92.9 Å². The first-order valence-corrected chi connectivity index (χ1v) is 5.38. The number of ether oxygens (including phenoxy) is 2. The Bertz CT molecular complexity index is 394. The number of aliphatic hydroxyl groups is 1. The monoisotopic (exact) mass is 225 g/mol. The summed E-state index contributed by atoms with van der Waals surface area (Å²) in [5.74, 6) is 0. The van der Waals surface area contributed by atoms with Crippen LogP contribution >= 0.6 is 0 Å². The molecule has 16 heavy (non-hydrogen) atoms. The van der Waals surface area contributed by atoms with Crippen LogP contribution in [0.2, 0.25) is 0 Å². The molecule has 0 amide bonds. The molecule has 2 fully saturated rings. The fourth-order valence-electron chi connectivity index (χ4n) is 2.31. The van der Waals surface area contributed by atoms with E-state index in [0.29, 0.717) is 6.61 Å². The summed E-state index contributed by atoms with van der Waals surface area (Å²) in [6.07, 6.45) is 2.25. The fourth-order valence-corrected chi connectivity index (χ4v) is 2.31. The maximum atomic E-state index is 10.1. The summed E-state index contributed by atoms with van der Waals surface area (Å²) in [6, 6.07) is -0.782. The third-order valence-electron chi connectivity index (χ3n) is 3.22. The molecule has 0 radical (unpaired) electrons. The van der Waals surface area contributed by atoms with E-state index in [1.54, 1.807) is 10.9 Å². The summed E-state index contributed by atoms with van der Waals surface area (Å²) in [5.41, 5.74) is 6.93. The van der Waals surface area contributed by atoms with Crippen molar-refractivity contribution in [1.82, 2.24) is 9.78 Å². The average molecular weight is 225 g/mol. The molecule has 3 N–H and O–H groups in total. The van der Waals surface area contributed by atoms with Crippen molar-refractivity contribution < 1.29 is 14.6 Å². The molecular weight excluding hydrogens is 210 g/mol. The number of nitrogens with zero attached hydrogens (tertiary/aromatic N) is 2. The maximum Gasteiger partial charge on any atom is 0.183 e. The predicted octanol–water partition coefficient (Wildman–Crippen LogP) is -0.824. The van der Waals surface area contributed by atoms with Crippen LogP contribution in [0.5, 0.6) is 0 Å². The molecule has 0 spiro atoms. The lowest BCUT2D eigenvalue weighted by atomic mass is 9.97. The highest BCUT2D eigenvalue weighted by Gasteiger charge is 2.49. The summed E-state index contributed by atoms with van der Waals surface area (Å²) < 4.78 is 12.7. The zero-order valence-electron chi connectivity index (χ0n) is 8.98. The van der Waals surface area contributed by atoms with E-state index in [0.717, 1.165) is 5.56 Å². The van der Waals surface area contributed by atoms with Crippen molar-refractivity contribution in [3.8, 4) is 0 Å². The molecule has 2 aliphatic rings. The van der Waals surface area contributed by atoms with Crippen LogP contribution in [0.15, 0.2) is 12.4 Å². The molecule has 2 bridgehead atoms. The lowest BCUT2D eigenvalue weighted by Gasteiger charge is -2.36. The lowest BCUT2D eigenvalue weighted by molar-refractivity contribution is -0.163. The molecule has 3 rings (SSSR count). The van der Waals surface area contributed by atoms with E-state index >= 15 is 0 Å². The number of aryl methyl sites for hydroxylation is 1. The Morgan fingerprint density at radius 2 is 2.44 bits per heavy atom. The Kier molecular flexibility index (Phi) is 2.25. The van der Waals surface area contributed by atoms with Crippen LogP contribution in [0, 0.1) is 6.92 Å². The van der Waals surface area contributed by atoms with Gasteiger partial charge in [-0.05, 0) is 12.5 Å². The van der Waals surface area contributed by atoms with E-state index in [9.17, 15) is 5.11 Å². The van der Waals surface area contributed by atoms with E-state index in [4.69, 9.17) is 15.2 Å². The Morgan fingerprint density at radius 3 is 3.12 bits per heavy atom. The highest BCUT2D eigenvalue weighted by molar-refractivity contribution is 5.04. The van der Waals surface area contributed by atoms with E-state index in [-0.39, 0.29) is 12.1 Å². The molecule has 2 saturated heterocycles. The first-order chi connectivity index (χ1) is 7.66. The third-order valence-corrected chi connectivity index (χ3v) is 3.22. The second-order valence-electron chi connectivity index (χ2n) is 4.43. The number of hydrogen-bond acceptors (Lipinski definition) is 5. The van der Waals surface area contributed by atoms with Gasteiger partial charge in [0.2, 0.25) is 0 Å². The van der Waals surface area contributed by atoms with Gasteiger partial charge in [-0.1, -0.05) is 0 Å². The van der Waals surface area contributed by atoms with E-state index in [1.165, 1.54) is 0 Å². The lowest BCUT2D eigenvalue weighted by Crippen LogP contribution is -2.55. The Hall–Kier alpha value is -0.950. The minimum Gasteiger partial charge on any atom is -0.389 e. The molecule has 0 unspecified atom stereocenters. The molecule has 0 aromatic carbocycles. The molecule has 6 heteroatoms. The standard InChI is InChI=1S/C10H15N3O3/c1-5-2-12-13(3-5)8-9(14)7(11)6-4-15-10(8)16-6/h2-3,6-10,14H,4,11H2,1H3/t6-,7-,8-,9+,10-/m1/s1. The number of fused-ring (bicyclic) bond motifs is 2. The van der Waals surface area contributed by atoms with Crippen LogP contribution in [0.1, 0.15) is 11.6 Å². The van der Waals surface area contributed by atoms with Gasteiger partial charge in [-0.25, -0.2) is 0 Å². The first kappa shape index (κ1) is 10.2. The largest absolute Gasteiger partial charge is 0.389 e. The number of aromatic nitrogens is 2. The molecule has 6 nitrogen and oxygen atoms in total. The molecule has 0 saturated carbocycles. The van der Waals surface area contributed by atoms with Crippen molar-refractivity contribution in [2.75, 3.05) is 6.61 Å². The molecule has 3 heterocycles. The van der Waals surface area contributed by atoms with E-state index in [2.05, 4.69) is 5.10 Å². The summed E-state index contributed by atoms with van der Waals surface area (Å²) in [6.45, 7) is 2.39. The van der Waals surface area contributed by atoms with Crippen LogP contribution in [-0.4, -0.2) is 46.0 Å². The second kappa shape index (κ2) is 3.53. The topological polar surface area (TPSA) is 82.5 Å². The summed E-state index contributed by atoms with van der Waals surface area (Å²) in [4.78, 5) is 0. The smallest absolute Gasteiger partial charge is 0.183 e. The van der Waals surface area contributed by atoms with Crippen LogP contribution < -0.4 is 5.73 Å². The SMILES string of the molecule is Cc1cnn([C@H]2[C@@H]3OC[C@@H](O3)[C@@H](N)[C@@H]2O)c1. The van der Waals surface area contributed by atoms with Gasteiger partial charge in [0.15, 0.2) is 6.29 Å². The summed E-state index contributed by atoms with van der Waals surface area (Å²) in [7, 11) is 0. The summed E-state index contributed by atoms with van der Waals surface area (Å²) in [5, 5.41) is 14.3. The van der Waals surface area contributed by atoms with Crippen molar-refractivity contribution in [2.45, 2.75) is 37.5 Å². The fraction of sp³-hybridized carbons (Fsp3) is 0.700. The molecule has 1 aromatic heterocycles.